The standard InChI is InChI=1S/C48H34N4Si/c1-53(2)42-24-14-11-21-39(42)44-47(53)43(49-48(50-44)32-15-5-3-6-16-32)31-25-27-34(28-26-31)52-41-23-13-10-20-36(41)38-30-29-37-35-19-9-12-22-40(35)51(45(37)46(38)52)33-17-7-4-8-18-33/h3-30H,1-2H3. The Hall–Kier alpha value is -6.56. The highest BCUT2D eigenvalue weighted by Crippen LogP contribution is 2.42. The minimum atomic E-state index is -2.09. The van der Waals surface area contributed by atoms with Crippen LogP contribution < -0.4 is 10.4 Å². The lowest BCUT2D eigenvalue weighted by Gasteiger charge is -2.22. The Bertz CT molecular complexity index is 3070. The van der Waals surface area contributed by atoms with Crippen LogP contribution in [-0.2, 0) is 0 Å². The van der Waals surface area contributed by atoms with Crippen molar-refractivity contribution < 1.29 is 0 Å². The number of benzene rings is 7. The first kappa shape index (κ1) is 30.1. The number of rotatable bonds is 4. The van der Waals surface area contributed by atoms with E-state index in [1.165, 1.54) is 59.5 Å². The second-order valence-corrected chi connectivity index (χ2v) is 18.9. The first-order valence-corrected chi connectivity index (χ1v) is 21.3. The average Bonchev–Trinajstić information content (AvgIpc) is 3.82. The van der Waals surface area contributed by atoms with E-state index >= 15 is 0 Å². The van der Waals surface area contributed by atoms with Crippen LogP contribution in [0.3, 0.4) is 0 Å². The topological polar surface area (TPSA) is 35.6 Å². The summed E-state index contributed by atoms with van der Waals surface area (Å²) in [6.45, 7) is 4.88. The molecule has 0 fully saturated rings. The Morgan fingerprint density at radius 3 is 1.57 bits per heavy atom. The number of hydrogen-bond donors (Lipinski definition) is 0. The molecule has 0 spiro atoms. The molecule has 0 amide bonds. The smallest absolute Gasteiger partial charge is 0.160 e. The van der Waals surface area contributed by atoms with E-state index in [4.69, 9.17) is 9.97 Å². The van der Waals surface area contributed by atoms with E-state index < -0.39 is 8.07 Å². The van der Waals surface area contributed by atoms with Gasteiger partial charge >= 0.3 is 0 Å². The fourth-order valence-electron chi connectivity index (χ4n) is 8.92. The highest BCUT2D eigenvalue weighted by Gasteiger charge is 2.41. The van der Waals surface area contributed by atoms with Crippen LogP contribution in [0.25, 0.3) is 88.9 Å². The quantitative estimate of drug-likeness (QED) is 0.172. The molecule has 0 saturated heterocycles. The molecule has 0 unspecified atom stereocenters. The Balaban J connectivity index is 1.18. The summed E-state index contributed by atoms with van der Waals surface area (Å²) in [5.41, 5.74) is 12.6. The fraction of sp³-hybridized carbons (Fsp3) is 0.0417. The van der Waals surface area contributed by atoms with E-state index in [2.05, 4.69) is 186 Å². The van der Waals surface area contributed by atoms with Crippen molar-refractivity contribution in [3.05, 3.63) is 170 Å². The maximum Gasteiger partial charge on any atom is 0.160 e. The summed E-state index contributed by atoms with van der Waals surface area (Å²) in [5, 5.41) is 7.72. The molecule has 0 radical (unpaired) electrons. The Morgan fingerprint density at radius 1 is 0.415 bits per heavy atom. The molecule has 7 aromatic carbocycles. The Morgan fingerprint density at radius 2 is 0.925 bits per heavy atom. The summed E-state index contributed by atoms with van der Waals surface area (Å²) >= 11 is 0. The van der Waals surface area contributed by atoms with Crippen LogP contribution in [-0.4, -0.2) is 27.2 Å². The zero-order chi connectivity index (χ0) is 35.3. The van der Waals surface area contributed by atoms with Crippen molar-refractivity contribution in [2.45, 2.75) is 13.1 Å². The lowest BCUT2D eigenvalue weighted by atomic mass is 10.1. The highest BCUT2D eigenvalue weighted by atomic mass is 28.3. The minimum Gasteiger partial charge on any atom is -0.307 e. The SMILES string of the molecule is C[Si]1(C)c2ccccc2-c2nc(-c3ccccc3)nc(-c3ccc(-n4c5ccccc5c5ccc6c7ccccc7n(-c7ccccc7)c6c54)cc3)c21. The number of fused-ring (bicyclic) bond motifs is 10. The minimum absolute atomic E-state index is 0.767. The predicted molar refractivity (Wildman–Crippen MR) is 224 cm³/mol. The van der Waals surface area contributed by atoms with Gasteiger partial charge in [0.1, 0.15) is 8.07 Å². The van der Waals surface area contributed by atoms with Gasteiger partial charge in [0.15, 0.2) is 5.82 Å². The number of para-hydroxylation sites is 3. The number of hydrogen-bond acceptors (Lipinski definition) is 2. The molecule has 1 aliphatic heterocycles. The van der Waals surface area contributed by atoms with Crippen molar-refractivity contribution in [2.75, 3.05) is 0 Å². The van der Waals surface area contributed by atoms with Gasteiger partial charge in [-0.05, 0) is 52.3 Å². The summed E-state index contributed by atoms with van der Waals surface area (Å²) in [6, 6.07) is 61.3. The van der Waals surface area contributed by atoms with Crippen molar-refractivity contribution in [3.8, 4) is 45.3 Å². The average molecular weight is 695 g/mol. The van der Waals surface area contributed by atoms with Gasteiger partial charge in [-0.15, -0.1) is 0 Å². The third kappa shape index (κ3) is 4.29. The third-order valence-electron chi connectivity index (χ3n) is 11.3. The van der Waals surface area contributed by atoms with E-state index in [1.807, 2.05) is 6.07 Å². The van der Waals surface area contributed by atoms with E-state index in [9.17, 15) is 0 Å². The van der Waals surface area contributed by atoms with Gasteiger partial charge in [0, 0.05) is 44.0 Å². The number of nitrogens with zero attached hydrogens (tertiary/aromatic N) is 4. The zero-order valence-corrected chi connectivity index (χ0v) is 30.5. The van der Waals surface area contributed by atoms with Crippen LogP contribution >= 0.6 is 0 Å². The van der Waals surface area contributed by atoms with E-state index in [1.54, 1.807) is 0 Å². The monoisotopic (exact) mass is 694 g/mol. The molecule has 3 aromatic heterocycles. The Labute approximate surface area is 308 Å². The van der Waals surface area contributed by atoms with Gasteiger partial charge in [-0.1, -0.05) is 147 Å². The molecule has 0 atom stereocenters. The van der Waals surface area contributed by atoms with Gasteiger partial charge in [-0.2, -0.15) is 0 Å². The largest absolute Gasteiger partial charge is 0.307 e. The molecule has 10 aromatic rings. The summed E-state index contributed by atoms with van der Waals surface area (Å²) in [6.07, 6.45) is 0. The van der Waals surface area contributed by atoms with Crippen LogP contribution in [0.15, 0.2) is 170 Å². The third-order valence-corrected chi connectivity index (χ3v) is 14.8. The van der Waals surface area contributed by atoms with Crippen LogP contribution in [0, 0.1) is 0 Å². The van der Waals surface area contributed by atoms with Crippen molar-refractivity contribution in [1.29, 1.82) is 0 Å². The van der Waals surface area contributed by atoms with Crippen molar-refractivity contribution in [3.63, 3.8) is 0 Å². The lowest BCUT2D eigenvalue weighted by Crippen LogP contribution is -2.50. The predicted octanol–water partition coefficient (Wildman–Crippen LogP) is 10.8. The molecule has 0 aliphatic carbocycles. The molecule has 4 heterocycles. The Kier molecular flexibility index (Phi) is 6.37. The molecular weight excluding hydrogens is 661 g/mol. The van der Waals surface area contributed by atoms with Gasteiger partial charge < -0.3 is 9.13 Å². The van der Waals surface area contributed by atoms with Crippen molar-refractivity contribution >= 4 is 62.1 Å². The van der Waals surface area contributed by atoms with Crippen LogP contribution in [0.1, 0.15) is 0 Å². The lowest BCUT2D eigenvalue weighted by molar-refractivity contribution is 1.15. The second kappa shape index (κ2) is 11.2. The van der Waals surface area contributed by atoms with Crippen molar-refractivity contribution in [2.24, 2.45) is 0 Å². The molecule has 4 nitrogen and oxygen atoms in total. The summed E-state index contributed by atoms with van der Waals surface area (Å²) in [4.78, 5) is 10.7. The summed E-state index contributed by atoms with van der Waals surface area (Å²) in [7, 11) is -2.09. The highest BCUT2D eigenvalue weighted by molar-refractivity contribution is 7.04. The van der Waals surface area contributed by atoms with Crippen LogP contribution in [0.2, 0.25) is 13.1 Å². The molecule has 11 rings (SSSR count). The maximum absolute atomic E-state index is 5.38. The molecule has 0 saturated carbocycles. The molecule has 0 N–H and O–H groups in total. The van der Waals surface area contributed by atoms with Gasteiger partial charge in [-0.3, -0.25) is 0 Å². The first-order chi connectivity index (χ1) is 26.1. The van der Waals surface area contributed by atoms with Gasteiger partial charge in [-0.25, -0.2) is 9.97 Å². The van der Waals surface area contributed by atoms with Gasteiger partial charge in [0.05, 0.1) is 33.5 Å². The molecule has 1 aliphatic rings. The second-order valence-electron chi connectivity index (χ2n) is 14.6. The number of aromatic nitrogens is 4. The summed E-state index contributed by atoms with van der Waals surface area (Å²) in [5.74, 6) is 0.767. The zero-order valence-electron chi connectivity index (χ0n) is 29.5. The molecular formula is C48H34N4Si. The maximum atomic E-state index is 5.38. The van der Waals surface area contributed by atoms with Gasteiger partial charge in [0.2, 0.25) is 0 Å². The first-order valence-electron chi connectivity index (χ1n) is 18.3. The van der Waals surface area contributed by atoms with Crippen molar-refractivity contribution in [1.82, 2.24) is 19.1 Å². The molecule has 250 valence electrons. The molecule has 5 heteroatoms. The fourth-order valence-corrected chi connectivity index (χ4v) is 12.2. The van der Waals surface area contributed by atoms with Gasteiger partial charge in [0.25, 0.3) is 0 Å². The van der Waals surface area contributed by atoms with E-state index in [0.717, 1.165) is 39.7 Å². The van der Waals surface area contributed by atoms with Crippen LogP contribution in [0.4, 0.5) is 0 Å². The molecule has 0 bridgehead atoms. The van der Waals surface area contributed by atoms with Crippen LogP contribution in [0.5, 0.6) is 0 Å². The normalized spacial score (nSPS) is 13.2. The summed E-state index contributed by atoms with van der Waals surface area (Å²) < 4.78 is 4.90. The molecule has 53 heavy (non-hydrogen) atoms. The van der Waals surface area contributed by atoms with E-state index in [0.29, 0.717) is 0 Å². The van der Waals surface area contributed by atoms with E-state index in [-0.39, 0.29) is 0 Å².